The van der Waals surface area contributed by atoms with Crippen molar-refractivity contribution in [2.45, 2.75) is 26.3 Å². The average molecular weight is 285 g/mol. The molecule has 0 saturated carbocycles. The second-order valence-electron chi connectivity index (χ2n) is 4.98. The first-order valence-electron chi connectivity index (χ1n) is 6.81. The topological polar surface area (TPSA) is 48.5 Å². The van der Waals surface area contributed by atoms with Crippen LogP contribution in [-0.2, 0) is 26.4 Å². The van der Waals surface area contributed by atoms with Gasteiger partial charge >= 0.3 is 0 Å². The van der Waals surface area contributed by atoms with Crippen LogP contribution in [0.2, 0.25) is 0 Å². The highest BCUT2D eigenvalue weighted by atomic mass is 32.1. The molecule has 0 aromatic carbocycles. The Balaban J connectivity index is 1.92. The molecule has 0 saturated heterocycles. The number of hydrogen-bond acceptors (Lipinski definition) is 4. The zero-order chi connectivity index (χ0) is 13.7. The van der Waals surface area contributed by atoms with Crippen LogP contribution >= 0.6 is 11.3 Å². The first-order chi connectivity index (χ1) is 9.79. The molecule has 0 unspecified atom stereocenters. The lowest BCUT2D eigenvalue weighted by Gasteiger charge is -2.16. The van der Waals surface area contributed by atoms with Crippen LogP contribution in [0.1, 0.15) is 18.2 Å². The van der Waals surface area contributed by atoms with Crippen LogP contribution in [-0.4, -0.2) is 24.5 Å². The second-order valence-corrected chi connectivity index (χ2v) is 5.92. The predicted molar refractivity (Wildman–Crippen MR) is 78.6 cm³/mol. The van der Waals surface area contributed by atoms with Crippen LogP contribution in [0.5, 0.6) is 0 Å². The van der Waals surface area contributed by atoms with Crippen LogP contribution in [0.15, 0.2) is 17.5 Å². The molecule has 0 aliphatic carbocycles. The molecule has 3 aromatic rings. The van der Waals surface area contributed by atoms with Crippen molar-refractivity contribution < 1.29 is 0 Å². The monoisotopic (exact) mass is 285 g/mol. The highest BCUT2D eigenvalue weighted by Crippen LogP contribution is 2.34. The van der Waals surface area contributed by atoms with Gasteiger partial charge in [0.25, 0.3) is 0 Å². The van der Waals surface area contributed by atoms with Crippen LogP contribution in [0, 0.1) is 0 Å². The van der Waals surface area contributed by atoms with E-state index in [2.05, 4.69) is 44.3 Å². The molecule has 0 spiro atoms. The number of hydrogen-bond donors (Lipinski definition) is 0. The Morgan fingerprint density at radius 1 is 1.30 bits per heavy atom. The molecule has 0 bridgehead atoms. The molecular weight excluding hydrogens is 270 g/mol. The van der Waals surface area contributed by atoms with E-state index in [1.54, 1.807) is 11.3 Å². The van der Waals surface area contributed by atoms with E-state index in [1.807, 2.05) is 11.7 Å². The van der Waals surface area contributed by atoms with E-state index in [-0.39, 0.29) is 0 Å². The van der Waals surface area contributed by atoms with E-state index >= 15 is 0 Å². The third kappa shape index (κ3) is 1.51. The summed E-state index contributed by atoms with van der Waals surface area (Å²) in [4.78, 5) is 1.17. The van der Waals surface area contributed by atoms with Crippen molar-refractivity contribution in [3.8, 4) is 22.2 Å². The SMILES string of the molecule is CCc1nn(C)c2c1CCn1c(-c3cccs3)nnc1-2. The lowest BCUT2D eigenvalue weighted by atomic mass is 10.0. The van der Waals surface area contributed by atoms with Crippen molar-refractivity contribution in [3.05, 3.63) is 28.8 Å². The van der Waals surface area contributed by atoms with E-state index in [9.17, 15) is 0 Å². The predicted octanol–water partition coefficient (Wildman–Crippen LogP) is 2.53. The van der Waals surface area contributed by atoms with Crippen molar-refractivity contribution >= 4 is 11.3 Å². The molecule has 102 valence electrons. The van der Waals surface area contributed by atoms with Gasteiger partial charge in [-0.2, -0.15) is 5.10 Å². The largest absolute Gasteiger partial charge is 0.305 e. The van der Waals surface area contributed by atoms with Gasteiger partial charge in [0.1, 0.15) is 5.69 Å². The molecule has 20 heavy (non-hydrogen) atoms. The molecule has 6 heteroatoms. The van der Waals surface area contributed by atoms with Gasteiger partial charge in [0.2, 0.25) is 0 Å². The number of aryl methyl sites for hydroxylation is 2. The van der Waals surface area contributed by atoms with Gasteiger partial charge in [0.05, 0.1) is 10.6 Å². The maximum Gasteiger partial charge on any atom is 0.182 e. The van der Waals surface area contributed by atoms with Crippen LogP contribution < -0.4 is 0 Å². The van der Waals surface area contributed by atoms with Gasteiger partial charge in [-0.1, -0.05) is 13.0 Å². The second kappa shape index (κ2) is 4.28. The molecule has 0 fully saturated rings. The molecule has 0 N–H and O–H groups in total. The Hall–Kier alpha value is -1.95. The molecule has 1 aliphatic heterocycles. The summed E-state index contributed by atoms with van der Waals surface area (Å²) in [7, 11) is 1.99. The Morgan fingerprint density at radius 3 is 2.90 bits per heavy atom. The Labute approximate surface area is 120 Å². The zero-order valence-electron chi connectivity index (χ0n) is 11.5. The highest BCUT2D eigenvalue weighted by Gasteiger charge is 2.27. The third-order valence-electron chi connectivity index (χ3n) is 3.85. The van der Waals surface area contributed by atoms with Crippen molar-refractivity contribution in [2.75, 3.05) is 0 Å². The van der Waals surface area contributed by atoms with Gasteiger partial charge in [-0.25, -0.2) is 0 Å². The molecule has 0 amide bonds. The quantitative estimate of drug-likeness (QED) is 0.727. The first-order valence-corrected chi connectivity index (χ1v) is 7.69. The van der Waals surface area contributed by atoms with E-state index in [1.165, 1.54) is 16.1 Å². The summed E-state index contributed by atoms with van der Waals surface area (Å²) in [6.07, 6.45) is 1.98. The molecule has 0 atom stereocenters. The minimum Gasteiger partial charge on any atom is -0.305 e. The van der Waals surface area contributed by atoms with Gasteiger partial charge in [-0.3, -0.25) is 4.68 Å². The summed E-state index contributed by atoms with van der Waals surface area (Å²) in [5.41, 5.74) is 3.66. The Bertz CT molecular complexity index is 766. The first kappa shape index (κ1) is 11.8. The molecule has 0 radical (unpaired) electrons. The maximum atomic E-state index is 4.62. The van der Waals surface area contributed by atoms with E-state index in [0.29, 0.717) is 0 Å². The van der Waals surface area contributed by atoms with Gasteiger partial charge in [0.15, 0.2) is 11.6 Å². The number of aromatic nitrogens is 5. The Kier molecular flexibility index (Phi) is 2.53. The van der Waals surface area contributed by atoms with Crippen LogP contribution in [0.25, 0.3) is 22.2 Å². The van der Waals surface area contributed by atoms with Crippen LogP contribution in [0.4, 0.5) is 0 Å². The van der Waals surface area contributed by atoms with Crippen LogP contribution in [0.3, 0.4) is 0 Å². The van der Waals surface area contributed by atoms with Gasteiger partial charge in [0, 0.05) is 19.2 Å². The molecule has 4 rings (SSSR count). The molecule has 3 aromatic heterocycles. The summed E-state index contributed by atoms with van der Waals surface area (Å²) >= 11 is 1.70. The molecule has 5 nitrogen and oxygen atoms in total. The number of thiophene rings is 1. The maximum absolute atomic E-state index is 4.62. The minimum absolute atomic E-state index is 0.932. The minimum atomic E-state index is 0.932. The summed E-state index contributed by atoms with van der Waals surface area (Å²) in [6, 6.07) is 4.15. The third-order valence-corrected chi connectivity index (χ3v) is 4.72. The summed E-state index contributed by atoms with van der Waals surface area (Å²) in [5, 5.41) is 15.5. The number of fused-ring (bicyclic) bond motifs is 3. The van der Waals surface area contributed by atoms with Gasteiger partial charge in [-0.05, 0) is 24.3 Å². The smallest absolute Gasteiger partial charge is 0.182 e. The highest BCUT2D eigenvalue weighted by molar-refractivity contribution is 7.13. The zero-order valence-corrected chi connectivity index (χ0v) is 12.3. The number of rotatable bonds is 2. The van der Waals surface area contributed by atoms with Crippen molar-refractivity contribution in [1.29, 1.82) is 0 Å². The van der Waals surface area contributed by atoms with E-state index in [0.717, 1.165) is 36.7 Å². The fourth-order valence-corrected chi connectivity index (χ4v) is 3.67. The summed E-state index contributed by atoms with van der Waals surface area (Å²) < 4.78 is 4.17. The number of nitrogens with zero attached hydrogens (tertiary/aromatic N) is 5. The van der Waals surface area contributed by atoms with Crippen molar-refractivity contribution in [2.24, 2.45) is 7.05 Å². The fourth-order valence-electron chi connectivity index (χ4n) is 2.95. The van der Waals surface area contributed by atoms with Gasteiger partial charge < -0.3 is 4.57 Å². The Morgan fingerprint density at radius 2 is 2.15 bits per heavy atom. The molecular formula is C14H15N5S. The van der Waals surface area contributed by atoms with E-state index < -0.39 is 0 Å². The normalized spacial score (nSPS) is 13.3. The summed E-state index contributed by atoms with van der Waals surface area (Å²) in [5.74, 6) is 1.92. The molecule has 4 heterocycles. The lowest BCUT2D eigenvalue weighted by Crippen LogP contribution is -2.13. The van der Waals surface area contributed by atoms with Crippen molar-refractivity contribution in [3.63, 3.8) is 0 Å². The van der Waals surface area contributed by atoms with E-state index in [4.69, 9.17) is 0 Å². The van der Waals surface area contributed by atoms with Crippen molar-refractivity contribution in [1.82, 2.24) is 24.5 Å². The average Bonchev–Trinajstić information content (AvgIpc) is 3.15. The standard InChI is InChI=1S/C14H15N5S/c1-3-10-9-6-7-19-13(11-5-4-8-20-11)15-16-14(19)12(9)18(2)17-10/h4-5,8H,3,6-7H2,1-2H3. The fraction of sp³-hybridized carbons (Fsp3) is 0.357. The molecule has 1 aliphatic rings. The van der Waals surface area contributed by atoms with Gasteiger partial charge in [-0.15, -0.1) is 21.5 Å². The summed E-state index contributed by atoms with van der Waals surface area (Å²) in [6.45, 7) is 3.08. The lowest BCUT2D eigenvalue weighted by molar-refractivity contribution is 0.673.